The van der Waals surface area contributed by atoms with Gasteiger partial charge in [-0.25, -0.2) is 4.98 Å². The molecule has 1 heterocycles. The van der Waals surface area contributed by atoms with Crippen LogP contribution in [0.5, 0.6) is 0 Å². The largest absolute Gasteiger partial charge is 0.345 e. The van der Waals surface area contributed by atoms with Crippen molar-refractivity contribution in [3.05, 3.63) is 17.7 Å². The van der Waals surface area contributed by atoms with Crippen molar-refractivity contribution < 1.29 is 0 Å². The number of hydrogen-bond donors (Lipinski definition) is 2. The van der Waals surface area contributed by atoms with E-state index >= 15 is 0 Å². The fourth-order valence-electron chi connectivity index (χ4n) is 2.47. The third kappa shape index (κ3) is 2.81. The van der Waals surface area contributed by atoms with Gasteiger partial charge >= 0.3 is 0 Å². The molecule has 1 aliphatic carbocycles. The number of aryl methyl sites for hydroxylation is 1. The normalized spacial score (nSPS) is 19.6. The lowest BCUT2D eigenvalue weighted by molar-refractivity contribution is 0.314. The standard InChI is InChI=1S/C12H21N3/c1-10-14-8-11(15-10)7-13-9-12(2)5-3-4-6-12/h8,13H,3-7,9H2,1-2H3,(H,14,15). The van der Waals surface area contributed by atoms with E-state index in [9.17, 15) is 0 Å². The molecule has 0 amide bonds. The summed E-state index contributed by atoms with van der Waals surface area (Å²) in [6.07, 6.45) is 7.48. The summed E-state index contributed by atoms with van der Waals surface area (Å²) in [6, 6.07) is 0. The summed E-state index contributed by atoms with van der Waals surface area (Å²) in [5.74, 6) is 0.999. The first-order chi connectivity index (χ1) is 7.18. The Morgan fingerprint density at radius 1 is 1.47 bits per heavy atom. The lowest BCUT2D eigenvalue weighted by Crippen LogP contribution is -2.29. The molecule has 0 unspecified atom stereocenters. The van der Waals surface area contributed by atoms with Gasteiger partial charge in [0.05, 0.1) is 0 Å². The van der Waals surface area contributed by atoms with Gasteiger partial charge in [0.2, 0.25) is 0 Å². The minimum atomic E-state index is 0.537. The minimum Gasteiger partial charge on any atom is -0.345 e. The Morgan fingerprint density at radius 3 is 2.80 bits per heavy atom. The molecule has 0 atom stereocenters. The third-order valence-electron chi connectivity index (χ3n) is 3.43. The van der Waals surface area contributed by atoms with Crippen LogP contribution >= 0.6 is 0 Å². The summed E-state index contributed by atoms with van der Waals surface area (Å²) in [4.78, 5) is 7.43. The number of nitrogens with one attached hydrogen (secondary N) is 2. The maximum Gasteiger partial charge on any atom is 0.103 e. The van der Waals surface area contributed by atoms with Crippen molar-refractivity contribution in [2.24, 2.45) is 5.41 Å². The molecule has 0 radical (unpaired) electrons. The van der Waals surface area contributed by atoms with Crippen molar-refractivity contribution in [1.82, 2.24) is 15.3 Å². The fraction of sp³-hybridized carbons (Fsp3) is 0.750. The average molecular weight is 207 g/mol. The van der Waals surface area contributed by atoms with E-state index in [1.165, 1.54) is 31.4 Å². The summed E-state index contributed by atoms with van der Waals surface area (Å²) in [6.45, 7) is 6.43. The molecule has 1 fully saturated rings. The van der Waals surface area contributed by atoms with Crippen LogP contribution in [0.25, 0.3) is 0 Å². The zero-order chi connectivity index (χ0) is 10.7. The molecular formula is C12H21N3. The van der Waals surface area contributed by atoms with Crippen LogP contribution in [-0.2, 0) is 6.54 Å². The van der Waals surface area contributed by atoms with Gasteiger partial charge in [-0.3, -0.25) is 0 Å². The first-order valence-corrected chi connectivity index (χ1v) is 5.89. The fourth-order valence-corrected chi connectivity index (χ4v) is 2.47. The second kappa shape index (κ2) is 4.35. The molecule has 15 heavy (non-hydrogen) atoms. The third-order valence-corrected chi connectivity index (χ3v) is 3.43. The Labute approximate surface area is 91.7 Å². The monoisotopic (exact) mass is 207 g/mol. The molecule has 0 bridgehead atoms. The van der Waals surface area contributed by atoms with Crippen LogP contribution in [0.2, 0.25) is 0 Å². The highest BCUT2D eigenvalue weighted by atomic mass is 15.0. The first-order valence-electron chi connectivity index (χ1n) is 5.89. The molecule has 0 spiro atoms. The second-order valence-electron chi connectivity index (χ2n) is 5.12. The lowest BCUT2D eigenvalue weighted by atomic mass is 9.89. The highest BCUT2D eigenvalue weighted by molar-refractivity contribution is 4.99. The number of aromatic amines is 1. The average Bonchev–Trinajstić information content (AvgIpc) is 2.76. The topological polar surface area (TPSA) is 40.7 Å². The first kappa shape index (κ1) is 10.7. The van der Waals surface area contributed by atoms with Gasteiger partial charge in [-0.15, -0.1) is 0 Å². The highest BCUT2D eigenvalue weighted by Gasteiger charge is 2.27. The summed E-state index contributed by atoms with van der Waals surface area (Å²) < 4.78 is 0. The van der Waals surface area contributed by atoms with Crippen LogP contribution in [0.4, 0.5) is 0 Å². The van der Waals surface area contributed by atoms with Gasteiger partial charge in [0.15, 0.2) is 0 Å². The van der Waals surface area contributed by atoms with E-state index in [-0.39, 0.29) is 0 Å². The predicted molar refractivity (Wildman–Crippen MR) is 61.6 cm³/mol. The van der Waals surface area contributed by atoms with Gasteiger partial charge in [-0.1, -0.05) is 19.8 Å². The minimum absolute atomic E-state index is 0.537. The molecule has 2 N–H and O–H groups in total. The number of hydrogen-bond acceptors (Lipinski definition) is 2. The molecule has 1 aromatic rings. The number of imidazole rings is 1. The van der Waals surface area contributed by atoms with Gasteiger partial charge in [-0.2, -0.15) is 0 Å². The molecule has 3 heteroatoms. The Morgan fingerprint density at radius 2 is 2.20 bits per heavy atom. The van der Waals surface area contributed by atoms with Crippen LogP contribution in [0, 0.1) is 12.3 Å². The van der Waals surface area contributed by atoms with Crippen molar-refractivity contribution in [3.63, 3.8) is 0 Å². The summed E-state index contributed by atoms with van der Waals surface area (Å²) in [5, 5.41) is 3.53. The molecule has 0 aromatic carbocycles. The van der Waals surface area contributed by atoms with Gasteiger partial charge in [-0.05, 0) is 25.2 Å². The van der Waals surface area contributed by atoms with Gasteiger partial charge < -0.3 is 10.3 Å². The molecule has 0 aliphatic heterocycles. The summed E-state index contributed by atoms with van der Waals surface area (Å²) in [7, 11) is 0. The van der Waals surface area contributed by atoms with Gasteiger partial charge in [0, 0.05) is 25.0 Å². The Balaban J connectivity index is 1.75. The highest BCUT2D eigenvalue weighted by Crippen LogP contribution is 2.36. The van der Waals surface area contributed by atoms with Gasteiger partial charge in [0.25, 0.3) is 0 Å². The molecule has 2 rings (SSSR count). The predicted octanol–water partition coefficient (Wildman–Crippen LogP) is 2.39. The summed E-state index contributed by atoms with van der Waals surface area (Å²) in [5.41, 5.74) is 1.73. The zero-order valence-corrected chi connectivity index (χ0v) is 9.77. The number of aromatic nitrogens is 2. The maximum atomic E-state index is 4.19. The summed E-state index contributed by atoms with van der Waals surface area (Å²) >= 11 is 0. The maximum absolute atomic E-state index is 4.19. The van der Waals surface area contributed by atoms with E-state index in [4.69, 9.17) is 0 Å². The van der Waals surface area contributed by atoms with E-state index in [2.05, 4.69) is 22.2 Å². The van der Waals surface area contributed by atoms with Crippen LogP contribution in [0.15, 0.2) is 6.20 Å². The second-order valence-corrected chi connectivity index (χ2v) is 5.12. The van der Waals surface area contributed by atoms with Crippen molar-refractivity contribution in [2.45, 2.75) is 46.1 Å². The number of H-pyrrole nitrogens is 1. The van der Waals surface area contributed by atoms with Crippen molar-refractivity contribution in [2.75, 3.05) is 6.54 Å². The van der Waals surface area contributed by atoms with E-state index in [1.54, 1.807) is 0 Å². The Bertz CT molecular complexity index is 310. The molecule has 84 valence electrons. The molecule has 0 saturated heterocycles. The van der Waals surface area contributed by atoms with Crippen molar-refractivity contribution in [1.29, 1.82) is 0 Å². The Hall–Kier alpha value is -0.830. The van der Waals surface area contributed by atoms with Crippen LogP contribution in [0.3, 0.4) is 0 Å². The molecular weight excluding hydrogens is 186 g/mol. The van der Waals surface area contributed by atoms with Crippen LogP contribution < -0.4 is 5.32 Å². The van der Waals surface area contributed by atoms with Crippen LogP contribution in [-0.4, -0.2) is 16.5 Å². The van der Waals surface area contributed by atoms with E-state index in [1.807, 2.05) is 13.1 Å². The van der Waals surface area contributed by atoms with E-state index < -0.39 is 0 Å². The molecule has 1 aromatic heterocycles. The van der Waals surface area contributed by atoms with Crippen molar-refractivity contribution in [3.8, 4) is 0 Å². The van der Waals surface area contributed by atoms with Gasteiger partial charge in [0.1, 0.15) is 5.82 Å². The van der Waals surface area contributed by atoms with Crippen LogP contribution in [0.1, 0.15) is 44.1 Å². The van der Waals surface area contributed by atoms with E-state index in [0.29, 0.717) is 5.41 Å². The quantitative estimate of drug-likeness (QED) is 0.796. The number of rotatable bonds is 4. The zero-order valence-electron chi connectivity index (χ0n) is 9.77. The lowest BCUT2D eigenvalue weighted by Gasteiger charge is -2.23. The molecule has 3 nitrogen and oxygen atoms in total. The Kier molecular flexibility index (Phi) is 3.10. The number of nitrogens with zero attached hydrogens (tertiary/aromatic N) is 1. The molecule has 1 saturated carbocycles. The smallest absolute Gasteiger partial charge is 0.103 e. The molecule has 1 aliphatic rings. The van der Waals surface area contributed by atoms with E-state index in [0.717, 1.165) is 18.9 Å². The van der Waals surface area contributed by atoms with Crippen molar-refractivity contribution >= 4 is 0 Å². The SMILES string of the molecule is Cc1ncc(CNCC2(C)CCCC2)[nH]1.